The maximum absolute atomic E-state index is 6.46. The third kappa shape index (κ3) is 3.90. The standard InChI is InChI=1S/C26H33N3OS/c1-9-19-21(10-2)31-25-24(19)23(17-11-12-18-14-27-29(8)20(18)13-17)22(15(3)28-25)16(4)30-26(5,6)7/h11-14,16H,9-10H2,1-8H3. The predicted octanol–water partition coefficient (Wildman–Crippen LogP) is 7.16. The Bertz CT molecular complexity index is 1260. The van der Waals surface area contributed by atoms with Crippen LogP contribution in [-0.4, -0.2) is 20.4 Å². The maximum Gasteiger partial charge on any atom is 0.124 e. The minimum absolute atomic E-state index is 0.0659. The smallest absolute Gasteiger partial charge is 0.124 e. The lowest BCUT2D eigenvalue weighted by atomic mass is 9.90. The number of thiophene rings is 1. The average molecular weight is 436 g/mol. The first-order chi connectivity index (χ1) is 14.6. The molecule has 0 N–H and O–H groups in total. The number of fused-ring (bicyclic) bond motifs is 2. The van der Waals surface area contributed by atoms with Crippen molar-refractivity contribution in [3.8, 4) is 11.1 Å². The molecule has 0 saturated carbocycles. The number of pyridine rings is 1. The topological polar surface area (TPSA) is 39.9 Å². The lowest BCUT2D eigenvalue weighted by Gasteiger charge is -2.28. The van der Waals surface area contributed by atoms with E-state index in [0.29, 0.717) is 0 Å². The van der Waals surface area contributed by atoms with Gasteiger partial charge < -0.3 is 4.74 Å². The van der Waals surface area contributed by atoms with Crippen LogP contribution in [0.1, 0.15) is 69.3 Å². The van der Waals surface area contributed by atoms with Gasteiger partial charge in [-0.1, -0.05) is 26.0 Å². The highest BCUT2D eigenvalue weighted by atomic mass is 32.1. The Kier molecular flexibility index (Phi) is 5.69. The van der Waals surface area contributed by atoms with E-state index in [-0.39, 0.29) is 11.7 Å². The molecule has 4 aromatic rings. The zero-order valence-electron chi connectivity index (χ0n) is 20.0. The number of nitrogens with zero attached hydrogens (tertiary/aromatic N) is 3. The molecule has 1 aromatic carbocycles. The van der Waals surface area contributed by atoms with Crippen molar-refractivity contribution >= 4 is 32.5 Å². The van der Waals surface area contributed by atoms with E-state index in [2.05, 4.69) is 71.8 Å². The first kappa shape index (κ1) is 22.0. The summed E-state index contributed by atoms with van der Waals surface area (Å²) in [5.74, 6) is 0. The molecule has 31 heavy (non-hydrogen) atoms. The molecular weight excluding hydrogens is 402 g/mol. The summed E-state index contributed by atoms with van der Waals surface area (Å²) in [4.78, 5) is 7.66. The van der Waals surface area contributed by atoms with E-state index >= 15 is 0 Å². The second kappa shape index (κ2) is 8.03. The number of ether oxygens (including phenoxy) is 1. The van der Waals surface area contributed by atoms with Crippen molar-refractivity contribution in [3.05, 3.63) is 46.1 Å². The molecule has 5 heteroatoms. The Hall–Kier alpha value is -2.24. The minimum Gasteiger partial charge on any atom is -0.368 e. The van der Waals surface area contributed by atoms with Crippen molar-refractivity contribution in [2.45, 2.75) is 73.0 Å². The summed E-state index contributed by atoms with van der Waals surface area (Å²) < 4.78 is 8.41. The van der Waals surface area contributed by atoms with E-state index in [0.717, 1.165) is 34.3 Å². The highest BCUT2D eigenvalue weighted by Gasteiger charge is 2.26. The Morgan fingerprint density at radius 1 is 1.16 bits per heavy atom. The highest BCUT2D eigenvalue weighted by molar-refractivity contribution is 7.19. The first-order valence-corrected chi connectivity index (χ1v) is 12.0. The molecular formula is C26H33N3OS. The normalized spacial score (nSPS) is 13.4. The van der Waals surface area contributed by atoms with E-state index in [1.165, 1.54) is 32.5 Å². The van der Waals surface area contributed by atoms with Gasteiger partial charge in [0.25, 0.3) is 0 Å². The quantitative estimate of drug-likeness (QED) is 0.334. The van der Waals surface area contributed by atoms with Gasteiger partial charge in [0.15, 0.2) is 0 Å². The second-order valence-corrected chi connectivity index (χ2v) is 10.4. The van der Waals surface area contributed by atoms with Crippen molar-refractivity contribution in [2.75, 3.05) is 0 Å². The molecule has 0 saturated heterocycles. The fourth-order valence-electron chi connectivity index (χ4n) is 4.71. The molecule has 0 aliphatic carbocycles. The zero-order chi connectivity index (χ0) is 22.5. The number of hydrogen-bond donors (Lipinski definition) is 0. The van der Waals surface area contributed by atoms with Crippen LogP contribution < -0.4 is 0 Å². The Balaban J connectivity index is 2.10. The van der Waals surface area contributed by atoms with Crippen molar-refractivity contribution in [2.24, 2.45) is 7.05 Å². The zero-order valence-corrected chi connectivity index (χ0v) is 20.8. The lowest BCUT2D eigenvalue weighted by molar-refractivity contribution is -0.0530. The average Bonchev–Trinajstić information content (AvgIpc) is 3.24. The van der Waals surface area contributed by atoms with E-state index < -0.39 is 0 Å². The number of aryl methyl sites for hydroxylation is 4. The molecule has 0 aliphatic heterocycles. The number of benzene rings is 1. The summed E-state index contributed by atoms with van der Waals surface area (Å²) in [7, 11) is 2.00. The van der Waals surface area contributed by atoms with Crippen LogP contribution in [0.25, 0.3) is 32.2 Å². The molecule has 4 rings (SSSR count). The van der Waals surface area contributed by atoms with Crippen LogP contribution >= 0.6 is 11.3 Å². The fourth-order valence-corrected chi connectivity index (χ4v) is 5.97. The van der Waals surface area contributed by atoms with Crippen LogP contribution in [0.15, 0.2) is 24.4 Å². The van der Waals surface area contributed by atoms with Crippen molar-refractivity contribution in [1.29, 1.82) is 0 Å². The molecule has 0 amide bonds. The third-order valence-corrected chi connectivity index (χ3v) is 7.17. The molecule has 0 fully saturated rings. The Morgan fingerprint density at radius 3 is 2.55 bits per heavy atom. The van der Waals surface area contributed by atoms with E-state index in [1.54, 1.807) is 0 Å². The van der Waals surface area contributed by atoms with Gasteiger partial charge in [-0.05, 0) is 70.2 Å². The molecule has 164 valence electrons. The van der Waals surface area contributed by atoms with E-state index in [1.807, 2.05) is 29.3 Å². The van der Waals surface area contributed by atoms with Crippen molar-refractivity contribution in [1.82, 2.24) is 14.8 Å². The monoisotopic (exact) mass is 435 g/mol. The fraction of sp³-hybridized carbons (Fsp3) is 0.462. The van der Waals surface area contributed by atoms with Crippen molar-refractivity contribution < 1.29 is 4.74 Å². The molecule has 3 aromatic heterocycles. The number of aromatic nitrogens is 3. The number of rotatable bonds is 5. The van der Waals surface area contributed by atoms with Crippen LogP contribution in [0.3, 0.4) is 0 Å². The largest absolute Gasteiger partial charge is 0.368 e. The Labute approximate surface area is 189 Å². The van der Waals surface area contributed by atoms with E-state index in [9.17, 15) is 0 Å². The summed E-state index contributed by atoms with van der Waals surface area (Å²) in [6, 6.07) is 6.68. The van der Waals surface area contributed by atoms with E-state index in [4.69, 9.17) is 9.72 Å². The molecule has 1 atom stereocenters. The summed E-state index contributed by atoms with van der Waals surface area (Å²) in [5, 5.41) is 6.91. The van der Waals surface area contributed by atoms with Gasteiger partial charge in [-0.15, -0.1) is 11.3 Å². The molecule has 0 spiro atoms. The molecule has 0 radical (unpaired) electrons. The van der Waals surface area contributed by atoms with Gasteiger partial charge in [0.2, 0.25) is 0 Å². The summed E-state index contributed by atoms with van der Waals surface area (Å²) in [6.45, 7) is 15.1. The molecule has 4 nitrogen and oxygen atoms in total. The predicted molar refractivity (Wildman–Crippen MR) is 132 cm³/mol. The highest BCUT2D eigenvalue weighted by Crippen LogP contribution is 2.44. The van der Waals surface area contributed by atoms with Gasteiger partial charge in [0.1, 0.15) is 4.83 Å². The summed E-state index contributed by atoms with van der Waals surface area (Å²) in [6.07, 6.45) is 3.90. The van der Waals surface area contributed by atoms with Gasteiger partial charge in [0.05, 0.1) is 23.4 Å². The third-order valence-electron chi connectivity index (χ3n) is 5.90. The van der Waals surface area contributed by atoms with Crippen LogP contribution in [0.4, 0.5) is 0 Å². The summed E-state index contributed by atoms with van der Waals surface area (Å²) >= 11 is 1.84. The van der Waals surface area contributed by atoms with Crippen LogP contribution in [-0.2, 0) is 24.6 Å². The van der Waals surface area contributed by atoms with Gasteiger partial charge in [-0.2, -0.15) is 5.10 Å². The number of hydrogen-bond acceptors (Lipinski definition) is 4. The first-order valence-electron chi connectivity index (χ1n) is 11.2. The van der Waals surface area contributed by atoms with Gasteiger partial charge >= 0.3 is 0 Å². The van der Waals surface area contributed by atoms with Crippen LogP contribution in [0, 0.1) is 6.92 Å². The van der Waals surface area contributed by atoms with Crippen LogP contribution in [0.5, 0.6) is 0 Å². The van der Waals surface area contributed by atoms with Gasteiger partial charge in [0, 0.05) is 34.0 Å². The molecule has 3 heterocycles. The maximum atomic E-state index is 6.46. The molecule has 1 unspecified atom stereocenters. The molecule has 0 bridgehead atoms. The van der Waals surface area contributed by atoms with Crippen molar-refractivity contribution in [3.63, 3.8) is 0 Å². The van der Waals surface area contributed by atoms with Gasteiger partial charge in [-0.3, -0.25) is 4.68 Å². The SMILES string of the molecule is CCc1sc2nc(C)c(C(C)OC(C)(C)C)c(-c3ccc4cnn(C)c4c3)c2c1CC. The lowest BCUT2D eigenvalue weighted by Crippen LogP contribution is -2.22. The van der Waals surface area contributed by atoms with Crippen LogP contribution in [0.2, 0.25) is 0 Å². The Morgan fingerprint density at radius 2 is 1.90 bits per heavy atom. The van der Waals surface area contributed by atoms with Gasteiger partial charge in [-0.25, -0.2) is 4.98 Å². The summed E-state index contributed by atoms with van der Waals surface area (Å²) in [5.41, 5.74) is 7.06. The molecule has 0 aliphatic rings. The minimum atomic E-state index is -0.235. The second-order valence-electron chi connectivity index (χ2n) is 9.29.